The monoisotopic (exact) mass is 221 g/mol. The molecule has 1 aromatic heterocycles. The summed E-state index contributed by atoms with van der Waals surface area (Å²) in [7, 11) is 0. The zero-order chi connectivity index (χ0) is 11.7. The third-order valence-corrected chi connectivity index (χ3v) is 2.52. The molecule has 1 heterocycles. The summed E-state index contributed by atoms with van der Waals surface area (Å²) < 4.78 is 0. The Labute approximate surface area is 90.8 Å². The number of para-hydroxylation sites is 1. The number of H-pyrrole nitrogens is 1. The lowest BCUT2D eigenvalue weighted by Crippen LogP contribution is -2.14. The third-order valence-electron chi connectivity index (χ3n) is 2.52. The molecule has 0 spiro atoms. The molecule has 16 heavy (non-hydrogen) atoms. The maximum absolute atomic E-state index is 10.7. The van der Waals surface area contributed by atoms with Gasteiger partial charge in [-0.1, -0.05) is 12.1 Å². The van der Waals surface area contributed by atoms with Gasteiger partial charge in [-0.25, -0.2) is 0 Å². The minimum Gasteiger partial charge on any atom is -0.394 e. The van der Waals surface area contributed by atoms with Crippen molar-refractivity contribution in [1.82, 2.24) is 4.98 Å². The van der Waals surface area contributed by atoms with E-state index in [0.29, 0.717) is 16.5 Å². The van der Waals surface area contributed by atoms with Crippen LogP contribution in [-0.4, -0.2) is 21.6 Å². The van der Waals surface area contributed by atoms with Crippen LogP contribution in [0.15, 0.2) is 24.4 Å². The molecular weight excluding hydrogens is 210 g/mol. The van der Waals surface area contributed by atoms with Gasteiger partial charge in [0.1, 0.15) is 0 Å². The molecule has 1 aromatic carbocycles. The quantitative estimate of drug-likeness (QED) is 0.532. The first kappa shape index (κ1) is 10.6. The van der Waals surface area contributed by atoms with Gasteiger partial charge in [-0.05, 0) is 11.6 Å². The summed E-state index contributed by atoms with van der Waals surface area (Å²) in [5.41, 5.74) is 7.00. The number of nitrogens with zero attached hydrogens (tertiary/aromatic N) is 1. The molecule has 6 nitrogen and oxygen atoms in total. The lowest BCUT2D eigenvalue weighted by Gasteiger charge is -2.08. The lowest BCUT2D eigenvalue weighted by molar-refractivity contribution is -0.383. The van der Waals surface area contributed by atoms with Gasteiger partial charge in [0.25, 0.3) is 5.69 Å². The first-order valence-electron chi connectivity index (χ1n) is 4.76. The van der Waals surface area contributed by atoms with Crippen LogP contribution in [0, 0.1) is 10.1 Å². The number of aliphatic hydroxyl groups is 1. The fourth-order valence-electron chi connectivity index (χ4n) is 1.72. The normalized spacial score (nSPS) is 12.9. The number of hydrogen-bond acceptors (Lipinski definition) is 4. The van der Waals surface area contributed by atoms with Gasteiger partial charge in [0, 0.05) is 0 Å². The van der Waals surface area contributed by atoms with Crippen LogP contribution >= 0.6 is 0 Å². The summed E-state index contributed by atoms with van der Waals surface area (Å²) in [5, 5.41) is 20.2. The zero-order valence-electron chi connectivity index (χ0n) is 8.38. The number of aromatic nitrogens is 1. The van der Waals surface area contributed by atoms with Gasteiger partial charge in [-0.15, -0.1) is 0 Å². The second-order valence-electron chi connectivity index (χ2n) is 3.49. The van der Waals surface area contributed by atoms with Gasteiger partial charge >= 0.3 is 0 Å². The Kier molecular flexibility index (Phi) is 2.59. The number of fused-ring (bicyclic) bond motifs is 1. The number of aromatic amines is 1. The van der Waals surface area contributed by atoms with Crippen molar-refractivity contribution < 1.29 is 10.0 Å². The fourth-order valence-corrected chi connectivity index (χ4v) is 1.72. The summed E-state index contributed by atoms with van der Waals surface area (Å²) in [6.07, 6.45) is 1.33. The predicted molar refractivity (Wildman–Crippen MR) is 59.0 cm³/mol. The zero-order valence-corrected chi connectivity index (χ0v) is 8.38. The Bertz CT molecular complexity index is 535. The van der Waals surface area contributed by atoms with Crippen LogP contribution in [0.5, 0.6) is 0 Å². The molecule has 0 aliphatic rings. The summed E-state index contributed by atoms with van der Waals surface area (Å²) in [5.74, 6) is 0. The van der Waals surface area contributed by atoms with Gasteiger partial charge < -0.3 is 15.8 Å². The first-order valence-corrected chi connectivity index (χ1v) is 4.76. The van der Waals surface area contributed by atoms with Crippen molar-refractivity contribution in [2.75, 3.05) is 6.61 Å². The summed E-state index contributed by atoms with van der Waals surface area (Å²) in [6.45, 7) is -0.202. The van der Waals surface area contributed by atoms with E-state index in [4.69, 9.17) is 10.8 Å². The highest BCUT2D eigenvalue weighted by Crippen LogP contribution is 2.29. The van der Waals surface area contributed by atoms with E-state index in [1.807, 2.05) is 0 Å². The molecule has 0 fully saturated rings. The average molecular weight is 221 g/mol. The number of aliphatic hydroxyl groups excluding tert-OH is 1. The Morgan fingerprint density at radius 2 is 2.31 bits per heavy atom. The SMILES string of the molecule is NC(CO)c1cccc2c([N+](=O)[O-])c[nH]c12. The van der Waals surface area contributed by atoms with E-state index in [-0.39, 0.29) is 12.3 Å². The van der Waals surface area contributed by atoms with E-state index in [1.165, 1.54) is 6.20 Å². The molecule has 0 bridgehead atoms. The number of hydrogen-bond donors (Lipinski definition) is 3. The van der Waals surface area contributed by atoms with E-state index in [2.05, 4.69) is 4.98 Å². The molecule has 0 aliphatic carbocycles. The van der Waals surface area contributed by atoms with Crippen LogP contribution in [0.2, 0.25) is 0 Å². The molecule has 2 rings (SSSR count). The molecule has 0 saturated carbocycles. The second-order valence-corrected chi connectivity index (χ2v) is 3.49. The standard InChI is InChI=1S/C10H11N3O3/c11-8(5-14)6-2-1-3-7-9(13(15)16)4-12-10(6)7/h1-4,8,12,14H,5,11H2. The average Bonchev–Trinajstić information content (AvgIpc) is 2.71. The fraction of sp³-hybridized carbons (Fsp3) is 0.200. The molecule has 1 unspecified atom stereocenters. The highest BCUT2D eigenvalue weighted by Gasteiger charge is 2.17. The predicted octanol–water partition coefficient (Wildman–Crippen LogP) is 1.07. The van der Waals surface area contributed by atoms with Crippen molar-refractivity contribution in [3.63, 3.8) is 0 Å². The lowest BCUT2D eigenvalue weighted by atomic mass is 10.1. The van der Waals surface area contributed by atoms with Crippen molar-refractivity contribution in [2.45, 2.75) is 6.04 Å². The molecular formula is C10H11N3O3. The number of nitro groups is 1. The molecule has 6 heteroatoms. The van der Waals surface area contributed by atoms with Gasteiger partial charge in [-0.2, -0.15) is 0 Å². The van der Waals surface area contributed by atoms with Gasteiger partial charge in [0.2, 0.25) is 0 Å². The largest absolute Gasteiger partial charge is 0.394 e. The maximum Gasteiger partial charge on any atom is 0.294 e. The first-order chi connectivity index (χ1) is 7.65. The minimum absolute atomic E-state index is 0.0157. The number of nitrogens with two attached hydrogens (primary N) is 1. The molecule has 0 saturated heterocycles. The van der Waals surface area contributed by atoms with Crippen molar-refractivity contribution >= 4 is 16.6 Å². The van der Waals surface area contributed by atoms with Gasteiger partial charge in [-0.3, -0.25) is 10.1 Å². The second kappa shape index (κ2) is 3.92. The van der Waals surface area contributed by atoms with Crippen molar-refractivity contribution in [2.24, 2.45) is 5.73 Å². The number of benzene rings is 1. The Morgan fingerprint density at radius 1 is 1.56 bits per heavy atom. The van der Waals surface area contributed by atoms with Crippen molar-refractivity contribution in [3.8, 4) is 0 Å². The topological polar surface area (TPSA) is 105 Å². The smallest absolute Gasteiger partial charge is 0.294 e. The van der Waals surface area contributed by atoms with Crippen molar-refractivity contribution in [3.05, 3.63) is 40.1 Å². The molecule has 0 radical (unpaired) electrons. The van der Waals surface area contributed by atoms with E-state index in [0.717, 1.165) is 0 Å². The van der Waals surface area contributed by atoms with Crippen LogP contribution < -0.4 is 5.73 Å². The van der Waals surface area contributed by atoms with E-state index in [1.54, 1.807) is 18.2 Å². The van der Waals surface area contributed by atoms with E-state index >= 15 is 0 Å². The Hall–Kier alpha value is -1.92. The number of nitrogens with one attached hydrogen (secondary N) is 1. The van der Waals surface area contributed by atoms with Crippen LogP contribution in [0.25, 0.3) is 10.9 Å². The summed E-state index contributed by atoms with van der Waals surface area (Å²) >= 11 is 0. The van der Waals surface area contributed by atoms with Crippen LogP contribution in [0.4, 0.5) is 5.69 Å². The Balaban J connectivity index is 2.66. The number of rotatable bonds is 3. The third kappa shape index (κ3) is 1.54. The van der Waals surface area contributed by atoms with Crippen molar-refractivity contribution in [1.29, 1.82) is 0 Å². The maximum atomic E-state index is 10.7. The highest BCUT2D eigenvalue weighted by molar-refractivity contribution is 5.91. The van der Waals surface area contributed by atoms with Crippen LogP contribution in [-0.2, 0) is 0 Å². The highest BCUT2D eigenvalue weighted by atomic mass is 16.6. The van der Waals surface area contributed by atoms with Crippen LogP contribution in [0.1, 0.15) is 11.6 Å². The summed E-state index contributed by atoms with van der Waals surface area (Å²) in [4.78, 5) is 13.1. The van der Waals surface area contributed by atoms with Gasteiger partial charge in [0.15, 0.2) is 0 Å². The van der Waals surface area contributed by atoms with E-state index < -0.39 is 11.0 Å². The molecule has 0 aliphatic heterocycles. The molecule has 1 atom stereocenters. The summed E-state index contributed by atoms with van der Waals surface area (Å²) in [6, 6.07) is 4.54. The molecule has 84 valence electrons. The molecule has 4 N–H and O–H groups in total. The van der Waals surface area contributed by atoms with E-state index in [9.17, 15) is 10.1 Å². The minimum atomic E-state index is -0.540. The van der Waals surface area contributed by atoms with Gasteiger partial charge in [0.05, 0.1) is 34.7 Å². The molecule has 2 aromatic rings. The van der Waals surface area contributed by atoms with Crippen LogP contribution in [0.3, 0.4) is 0 Å². The Morgan fingerprint density at radius 3 is 2.94 bits per heavy atom. The molecule has 0 amide bonds.